The number of nitrogens with zero attached hydrogens (tertiary/aromatic N) is 2. The van der Waals surface area contributed by atoms with Gasteiger partial charge in [-0.25, -0.2) is 4.57 Å². The van der Waals surface area contributed by atoms with Gasteiger partial charge in [0.1, 0.15) is 17.6 Å². The van der Waals surface area contributed by atoms with Crippen molar-refractivity contribution in [3.63, 3.8) is 0 Å². The zero-order chi connectivity index (χ0) is 17.3. The first-order chi connectivity index (χ1) is 10.7. The molecule has 0 aromatic heterocycles. The van der Waals surface area contributed by atoms with Crippen LogP contribution in [0.3, 0.4) is 0 Å². The molecule has 0 radical (unpaired) electrons. The second-order valence-electron chi connectivity index (χ2n) is 5.91. The molecule has 0 aliphatic carbocycles. The summed E-state index contributed by atoms with van der Waals surface area (Å²) >= 11 is 0. The Labute approximate surface area is 134 Å². The summed E-state index contributed by atoms with van der Waals surface area (Å²) in [5.74, 6) is -0.0442. The highest BCUT2D eigenvalue weighted by molar-refractivity contribution is 7.48. The van der Waals surface area contributed by atoms with E-state index in [1.54, 1.807) is 20.8 Å². The number of phosphoric ester groups is 1. The van der Waals surface area contributed by atoms with Gasteiger partial charge in [0.05, 0.1) is 24.6 Å². The zero-order valence-electron chi connectivity index (χ0n) is 13.3. The van der Waals surface area contributed by atoms with E-state index in [4.69, 9.17) is 29.5 Å². The number of rotatable bonds is 5. The second-order valence-corrected chi connectivity index (χ2v) is 7.48. The molecule has 23 heavy (non-hydrogen) atoms. The first-order valence-corrected chi connectivity index (χ1v) is 8.69. The molecule has 0 amide bonds. The Morgan fingerprint density at radius 3 is 2.96 bits per heavy atom. The predicted octanol–water partition coefficient (Wildman–Crippen LogP) is 1.59. The molecule has 0 spiro atoms. The normalized spacial score (nSPS) is 40.2. The van der Waals surface area contributed by atoms with Crippen molar-refractivity contribution in [1.82, 2.24) is 0 Å². The van der Waals surface area contributed by atoms with Crippen LogP contribution in [-0.2, 0) is 22.9 Å². The van der Waals surface area contributed by atoms with Gasteiger partial charge in [-0.3, -0.25) is 24.0 Å². The lowest BCUT2D eigenvalue weighted by atomic mass is 9.84. The molecule has 3 N–H and O–H groups in total. The number of phosphoric acid groups is 1. The van der Waals surface area contributed by atoms with Gasteiger partial charge in [0.2, 0.25) is 0 Å². The fraction of sp³-hybridized carbons (Fsp3) is 0.769. The van der Waals surface area contributed by atoms with Crippen LogP contribution in [0.1, 0.15) is 27.2 Å². The summed E-state index contributed by atoms with van der Waals surface area (Å²) in [6.45, 7) is 5.03. The van der Waals surface area contributed by atoms with Crippen molar-refractivity contribution >= 4 is 19.9 Å². The molecule has 10 heteroatoms. The second kappa shape index (κ2) is 6.67. The molecule has 0 aromatic carbocycles. The monoisotopic (exact) mass is 344 g/mol. The van der Waals surface area contributed by atoms with Crippen molar-refractivity contribution in [3.8, 4) is 6.07 Å². The maximum Gasteiger partial charge on any atom is 0.475 e. The number of hydrogen-bond acceptors (Lipinski definition) is 8. The van der Waals surface area contributed by atoms with Crippen LogP contribution in [0.25, 0.3) is 0 Å². The predicted molar refractivity (Wildman–Crippen MR) is 82.1 cm³/mol. The Balaban J connectivity index is 2.19. The number of nitriles is 1. The molecule has 0 bridgehead atoms. The molecular weight excluding hydrogens is 323 g/mol. The van der Waals surface area contributed by atoms with Gasteiger partial charge in [0.25, 0.3) is 0 Å². The van der Waals surface area contributed by atoms with Gasteiger partial charge < -0.3 is 10.5 Å². The van der Waals surface area contributed by atoms with Crippen LogP contribution in [0, 0.1) is 22.2 Å². The highest BCUT2D eigenvalue weighted by atomic mass is 31.2. The average Bonchev–Trinajstić information content (AvgIpc) is 2.71. The lowest BCUT2D eigenvalue weighted by molar-refractivity contribution is -0.0622. The topological polar surface area (TPSA) is 140 Å². The fourth-order valence-electron chi connectivity index (χ4n) is 2.41. The SMILES string of the molecule is CC(C)OP1(=O)OCC2OC(N=CCC(=N)N)C(C)(C#N)C2O1. The van der Waals surface area contributed by atoms with E-state index in [0.29, 0.717) is 0 Å². The zero-order valence-corrected chi connectivity index (χ0v) is 14.2. The van der Waals surface area contributed by atoms with Crippen molar-refractivity contribution in [2.75, 3.05) is 6.61 Å². The molecule has 2 fully saturated rings. The van der Waals surface area contributed by atoms with Gasteiger partial charge >= 0.3 is 7.82 Å². The smallest absolute Gasteiger partial charge is 0.387 e. The van der Waals surface area contributed by atoms with Crippen molar-refractivity contribution in [2.24, 2.45) is 16.1 Å². The maximum atomic E-state index is 12.5. The number of amidine groups is 1. The summed E-state index contributed by atoms with van der Waals surface area (Å²) in [5, 5.41) is 16.7. The molecule has 2 aliphatic rings. The molecular formula is C13H21N4O5P. The summed E-state index contributed by atoms with van der Waals surface area (Å²) in [4.78, 5) is 4.16. The standard InChI is InChI=1S/C13H21N4O5P/c1-8(2)21-23(18)19-6-9-11(22-23)13(3,7-14)12(20-9)17-5-4-10(15)16/h5,8-9,11-12H,4,6H2,1-3H3,(H3,15,16). The molecule has 5 unspecified atom stereocenters. The molecule has 128 valence electrons. The van der Waals surface area contributed by atoms with Crippen LogP contribution >= 0.6 is 7.82 Å². The van der Waals surface area contributed by atoms with E-state index in [2.05, 4.69) is 11.1 Å². The van der Waals surface area contributed by atoms with Gasteiger partial charge in [0, 0.05) is 12.6 Å². The van der Waals surface area contributed by atoms with Crippen molar-refractivity contribution in [3.05, 3.63) is 0 Å². The lowest BCUT2D eigenvalue weighted by Gasteiger charge is -2.34. The van der Waals surface area contributed by atoms with E-state index in [1.807, 2.05) is 0 Å². The van der Waals surface area contributed by atoms with Crippen molar-refractivity contribution < 1.29 is 22.9 Å². The molecule has 9 nitrogen and oxygen atoms in total. The number of nitrogens with one attached hydrogen (secondary N) is 1. The minimum atomic E-state index is -3.74. The van der Waals surface area contributed by atoms with Gasteiger partial charge in [-0.1, -0.05) is 0 Å². The number of nitrogens with two attached hydrogens (primary N) is 1. The van der Waals surface area contributed by atoms with Gasteiger partial charge in [-0.05, 0) is 20.8 Å². The molecule has 2 saturated heterocycles. The third-order valence-electron chi connectivity index (χ3n) is 3.52. The van der Waals surface area contributed by atoms with E-state index >= 15 is 0 Å². The Kier molecular flexibility index (Phi) is 5.23. The van der Waals surface area contributed by atoms with Crippen LogP contribution in [0.15, 0.2) is 4.99 Å². The average molecular weight is 344 g/mol. The van der Waals surface area contributed by atoms with Crippen LogP contribution in [0.4, 0.5) is 0 Å². The van der Waals surface area contributed by atoms with E-state index in [0.717, 1.165) is 0 Å². The number of fused-ring (bicyclic) bond motifs is 1. The molecule has 0 saturated carbocycles. The highest BCUT2D eigenvalue weighted by Crippen LogP contribution is 2.59. The Morgan fingerprint density at radius 2 is 2.39 bits per heavy atom. The molecule has 5 atom stereocenters. The van der Waals surface area contributed by atoms with Gasteiger partial charge in [-0.2, -0.15) is 5.26 Å². The Morgan fingerprint density at radius 1 is 1.70 bits per heavy atom. The summed E-state index contributed by atoms with van der Waals surface area (Å²) in [6, 6.07) is 2.14. The Hall–Kier alpha value is -1.30. The van der Waals surface area contributed by atoms with Crippen LogP contribution in [0.5, 0.6) is 0 Å². The molecule has 2 heterocycles. The van der Waals surface area contributed by atoms with Gasteiger partial charge in [-0.15, -0.1) is 0 Å². The van der Waals surface area contributed by atoms with Crippen molar-refractivity contribution in [1.29, 1.82) is 10.7 Å². The first kappa shape index (κ1) is 18.0. The highest BCUT2D eigenvalue weighted by Gasteiger charge is 2.60. The number of ether oxygens (including phenoxy) is 1. The van der Waals surface area contributed by atoms with E-state index in [1.165, 1.54) is 6.21 Å². The molecule has 2 rings (SSSR count). The quantitative estimate of drug-likeness (QED) is 0.438. The lowest BCUT2D eigenvalue weighted by Crippen LogP contribution is -2.42. The van der Waals surface area contributed by atoms with Crippen molar-refractivity contribution in [2.45, 2.75) is 51.7 Å². The summed E-state index contributed by atoms with van der Waals surface area (Å²) < 4.78 is 34.1. The third-order valence-corrected chi connectivity index (χ3v) is 5.15. The maximum absolute atomic E-state index is 12.5. The summed E-state index contributed by atoms with van der Waals surface area (Å²) in [5.41, 5.74) is 4.11. The van der Waals surface area contributed by atoms with E-state index in [9.17, 15) is 9.83 Å². The van der Waals surface area contributed by atoms with E-state index in [-0.39, 0.29) is 25.0 Å². The van der Waals surface area contributed by atoms with Crippen LogP contribution < -0.4 is 5.73 Å². The van der Waals surface area contributed by atoms with Crippen LogP contribution in [-0.4, -0.2) is 43.2 Å². The number of aliphatic imine (C=N–C) groups is 1. The molecule has 0 aromatic rings. The largest absolute Gasteiger partial charge is 0.475 e. The minimum Gasteiger partial charge on any atom is -0.387 e. The first-order valence-electron chi connectivity index (χ1n) is 7.23. The van der Waals surface area contributed by atoms with Crippen LogP contribution in [0.2, 0.25) is 0 Å². The third kappa shape index (κ3) is 3.79. The van der Waals surface area contributed by atoms with E-state index < -0.39 is 31.7 Å². The minimum absolute atomic E-state index is 0.00926. The summed E-state index contributed by atoms with van der Waals surface area (Å²) in [6.07, 6.45) is -0.954. The Bertz CT molecular complexity index is 589. The molecule has 2 aliphatic heterocycles. The number of hydrogen-bond donors (Lipinski definition) is 2. The van der Waals surface area contributed by atoms with Gasteiger partial charge in [0.15, 0.2) is 6.23 Å². The summed E-state index contributed by atoms with van der Waals surface area (Å²) in [7, 11) is -3.74. The fourth-order valence-corrected chi connectivity index (χ4v) is 4.06.